The predicted octanol–water partition coefficient (Wildman–Crippen LogP) is 6.57. The maximum atomic E-state index is 14.1. The Kier molecular flexibility index (Phi) is 7.19. The first kappa shape index (κ1) is 27.2. The topological polar surface area (TPSA) is 122 Å². The minimum Gasteiger partial charge on any atom is -0.464 e. The Morgan fingerprint density at radius 2 is 1.79 bits per heavy atom. The van der Waals surface area contributed by atoms with E-state index in [2.05, 4.69) is 16.3 Å². The monoisotopic (exact) mass is 557 g/mol. The molecule has 5 aromatic rings. The van der Waals surface area contributed by atoms with Crippen molar-refractivity contribution >= 4 is 5.91 Å². The van der Waals surface area contributed by atoms with Crippen molar-refractivity contribution in [2.24, 2.45) is 5.73 Å². The number of carbonyl (C=O) groups is 1. The van der Waals surface area contributed by atoms with Gasteiger partial charge in [-0.05, 0) is 86.2 Å². The Morgan fingerprint density at radius 3 is 2.55 bits per heavy atom. The van der Waals surface area contributed by atoms with Gasteiger partial charge >= 0.3 is 0 Å². The predicted molar refractivity (Wildman–Crippen MR) is 158 cm³/mol. The standard InChI is InChI=1S/C34H31N5O3/c1-22-14-15-30(41-22)29-13-8-16-39(29)32(40)27-18-25(28-12-7-6-11-24(28)21-35)17-26(19-27)31-37-38-33(42-31)34(2,36)20-23-9-4-3-5-10-23/h3-7,9-12,14-15,17-19,29H,8,13,16,20,36H2,1-2H3/t29?,34-/m1/s1. The number of likely N-dealkylation sites (tertiary alicyclic amines) is 1. The number of rotatable bonds is 7. The molecule has 1 aliphatic rings. The van der Waals surface area contributed by atoms with E-state index in [1.54, 1.807) is 12.1 Å². The average Bonchev–Trinajstić information content (AvgIpc) is 3.78. The van der Waals surface area contributed by atoms with E-state index >= 15 is 0 Å². The fraction of sp³-hybridized carbons (Fsp3) is 0.235. The summed E-state index contributed by atoms with van der Waals surface area (Å²) in [5, 5.41) is 18.4. The molecular weight excluding hydrogens is 526 g/mol. The van der Waals surface area contributed by atoms with Gasteiger partial charge in [0, 0.05) is 17.7 Å². The van der Waals surface area contributed by atoms with Gasteiger partial charge in [0.15, 0.2) is 0 Å². The Bertz CT molecular complexity index is 1780. The van der Waals surface area contributed by atoms with E-state index in [9.17, 15) is 10.1 Å². The van der Waals surface area contributed by atoms with Gasteiger partial charge in [0.1, 0.15) is 11.5 Å². The van der Waals surface area contributed by atoms with Gasteiger partial charge in [-0.15, -0.1) is 10.2 Å². The first-order valence-electron chi connectivity index (χ1n) is 14.0. The molecule has 0 bridgehead atoms. The summed E-state index contributed by atoms with van der Waals surface area (Å²) in [6.07, 6.45) is 2.22. The van der Waals surface area contributed by atoms with E-state index in [4.69, 9.17) is 14.6 Å². The summed E-state index contributed by atoms with van der Waals surface area (Å²) >= 11 is 0. The van der Waals surface area contributed by atoms with Gasteiger partial charge in [0.25, 0.3) is 5.91 Å². The molecule has 1 amide bonds. The second-order valence-corrected chi connectivity index (χ2v) is 11.1. The van der Waals surface area contributed by atoms with Gasteiger partial charge in [-0.25, -0.2) is 0 Å². The van der Waals surface area contributed by atoms with Crippen LogP contribution in [0.2, 0.25) is 0 Å². The highest BCUT2D eigenvalue weighted by atomic mass is 16.4. The summed E-state index contributed by atoms with van der Waals surface area (Å²) in [5.74, 6) is 2.01. The van der Waals surface area contributed by atoms with Crippen molar-refractivity contribution in [2.75, 3.05) is 6.54 Å². The molecule has 8 nitrogen and oxygen atoms in total. The number of nitrogens with two attached hydrogens (primary N) is 1. The SMILES string of the molecule is Cc1ccc(C2CCCN2C(=O)c2cc(-c3nnc([C@](C)(N)Cc4ccccc4)o3)cc(-c3ccccc3C#N)c2)o1. The highest BCUT2D eigenvalue weighted by molar-refractivity contribution is 5.97. The minimum absolute atomic E-state index is 0.128. The van der Waals surface area contributed by atoms with Crippen molar-refractivity contribution in [2.45, 2.75) is 44.7 Å². The molecule has 2 aromatic heterocycles. The molecule has 6 rings (SSSR count). The van der Waals surface area contributed by atoms with Gasteiger partial charge in [-0.2, -0.15) is 5.26 Å². The zero-order valence-corrected chi connectivity index (χ0v) is 23.6. The van der Waals surface area contributed by atoms with E-state index in [1.165, 1.54) is 0 Å². The Morgan fingerprint density at radius 1 is 1.02 bits per heavy atom. The van der Waals surface area contributed by atoms with Crippen LogP contribution >= 0.6 is 0 Å². The van der Waals surface area contributed by atoms with E-state index in [1.807, 2.05) is 91.5 Å². The fourth-order valence-electron chi connectivity index (χ4n) is 5.63. The highest BCUT2D eigenvalue weighted by Gasteiger charge is 2.34. The van der Waals surface area contributed by atoms with Crippen LogP contribution in [-0.2, 0) is 12.0 Å². The maximum Gasteiger partial charge on any atom is 0.254 e. The summed E-state index contributed by atoms with van der Waals surface area (Å²) < 4.78 is 12.1. The number of aromatic nitrogens is 2. The van der Waals surface area contributed by atoms with Crippen LogP contribution in [-0.4, -0.2) is 27.5 Å². The summed E-state index contributed by atoms with van der Waals surface area (Å²) in [5.41, 5.74) is 9.75. The molecule has 8 heteroatoms. The van der Waals surface area contributed by atoms with Gasteiger partial charge in [0.05, 0.1) is 23.2 Å². The molecule has 210 valence electrons. The number of amides is 1. The second-order valence-electron chi connectivity index (χ2n) is 11.1. The number of hydrogen-bond donors (Lipinski definition) is 1. The number of nitriles is 1. The van der Waals surface area contributed by atoms with Gasteiger partial charge in [0.2, 0.25) is 11.8 Å². The molecule has 3 aromatic carbocycles. The summed E-state index contributed by atoms with van der Waals surface area (Å²) in [6, 6.07) is 28.6. The molecule has 42 heavy (non-hydrogen) atoms. The highest BCUT2D eigenvalue weighted by Crippen LogP contribution is 2.36. The van der Waals surface area contributed by atoms with E-state index in [0.29, 0.717) is 46.7 Å². The molecule has 2 atom stereocenters. The van der Waals surface area contributed by atoms with Crippen LogP contribution in [0.1, 0.15) is 64.7 Å². The molecule has 1 saturated heterocycles. The van der Waals surface area contributed by atoms with Crippen LogP contribution in [0, 0.1) is 18.3 Å². The molecule has 0 spiro atoms. The molecule has 0 aliphatic carbocycles. The lowest BCUT2D eigenvalue weighted by atomic mass is 9.94. The molecule has 3 heterocycles. The molecule has 1 unspecified atom stereocenters. The van der Waals surface area contributed by atoms with Crippen LogP contribution in [0.3, 0.4) is 0 Å². The number of benzene rings is 3. The van der Waals surface area contributed by atoms with Crippen molar-refractivity contribution in [3.8, 4) is 28.7 Å². The lowest BCUT2D eigenvalue weighted by Crippen LogP contribution is -2.35. The van der Waals surface area contributed by atoms with Crippen molar-refractivity contribution in [3.05, 3.63) is 119 Å². The van der Waals surface area contributed by atoms with Crippen molar-refractivity contribution in [1.82, 2.24) is 15.1 Å². The van der Waals surface area contributed by atoms with Gasteiger partial charge < -0.3 is 19.5 Å². The fourth-order valence-corrected chi connectivity index (χ4v) is 5.63. The number of furan rings is 1. The van der Waals surface area contributed by atoms with Crippen LogP contribution in [0.4, 0.5) is 0 Å². The van der Waals surface area contributed by atoms with E-state index in [0.717, 1.165) is 29.9 Å². The van der Waals surface area contributed by atoms with Crippen molar-refractivity contribution in [3.63, 3.8) is 0 Å². The van der Waals surface area contributed by atoms with Crippen LogP contribution in [0.5, 0.6) is 0 Å². The summed E-state index contributed by atoms with van der Waals surface area (Å²) in [7, 11) is 0. The average molecular weight is 558 g/mol. The number of carbonyl (C=O) groups excluding carboxylic acids is 1. The first-order chi connectivity index (χ1) is 20.3. The van der Waals surface area contributed by atoms with Gasteiger partial charge in [-0.1, -0.05) is 48.5 Å². The van der Waals surface area contributed by atoms with Crippen LogP contribution < -0.4 is 5.73 Å². The Labute approximate surface area is 244 Å². The molecule has 0 saturated carbocycles. The summed E-state index contributed by atoms with van der Waals surface area (Å²) in [6.45, 7) is 4.38. The zero-order valence-electron chi connectivity index (χ0n) is 23.6. The lowest BCUT2D eigenvalue weighted by molar-refractivity contribution is 0.0719. The first-order valence-corrected chi connectivity index (χ1v) is 14.0. The van der Waals surface area contributed by atoms with Crippen molar-refractivity contribution < 1.29 is 13.6 Å². The number of aryl methyl sites for hydroxylation is 1. The third kappa shape index (κ3) is 5.35. The minimum atomic E-state index is -0.903. The zero-order chi connectivity index (χ0) is 29.3. The van der Waals surface area contributed by atoms with Gasteiger partial charge in [-0.3, -0.25) is 4.79 Å². The van der Waals surface area contributed by atoms with E-state index in [-0.39, 0.29) is 17.8 Å². The maximum absolute atomic E-state index is 14.1. The molecular formula is C34H31N5O3. The molecule has 1 aliphatic heterocycles. The third-order valence-corrected chi connectivity index (χ3v) is 7.72. The smallest absolute Gasteiger partial charge is 0.254 e. The number of hydrogen-bond acceptors (Lipinski definition) is 7. The van der Waals surface area contributed by atoms with Crippen molar-refractivity contribution in [1.29, 1.82) is 5.26 Å². The molecule has 1 fully saturated rings. The Balaban J connectivity index is 1.40. The Hall–Kier alpha value is -5.00. The largest absolute Gasteiger partial charge is 0.464 e. The number of nitrogens with zero attached hydrogens (tertiary/aromatic N) is 4. The normalized spacial score (nSPS) is 16.2. The lowest BCUT2D eigenvalue weighted by Gasteiger charge is -2.24. The molecule has 0 radical (unpaired) electrons. The second kappa shape index (κ2) is 11.1. The quantitative estimate of drug-likeness (QED) is 0.240. The third-order valence-electron chi connectivity index (χ3n) is 7.72. The van der Waals surface area contributed by atoms with Crippen LogP contribution in [0.25, 0.3) is 22.6 Å². The van der Waals surface area contributed by atoms with Crippen LogP contribution in [0.15, 0.2) is 93.8 Å². The molecule has 2 N–H and O–H groups in total. The van der Waals surface area contributed by atoms with E-state index < -0.39 is 5.54 Å². The summed E-state index contributed by atoms with van der Waals surface area (Å²) in [4.78, 5) is 15.9.